The number of carbonyl (C=O) groups excluding carboxylic acids is 1. The lowest BCUT2D eigenvalue weighted by molar-refractivity contribution is 0.00886. The molecule has 0 bridgehead atoms. The molecule has 0 unspecified atom stereocenters. The number of benzene rings is 1. The Labute approximate surface area is 231 Å². The summed E-state index contributed by atoms with van der Waals surface area (Å²) in [4.78, 5) is 18.2. The van der Waals surface area contributed by atoms with Gasteiger partial charge in [0, 0.05) is 30.6 Å². The predicted molar refractivity (Wildman–Crippen MR) is 143 cm³/mol. The Morgan fingerprint density at radius 1 is 1.03 bits per heavy atom. The van der Waals surface area contributed by atoms with Crippen LogP contribution in [0.25, 0.3) is 11.3 Å². The molecule has 13 heteroatoms. The van der Waals surface area contributed by atoms with Gasteiger partial charge in [0.25, 0.3) is 0 Å². The van der Waals surface area contributed by atoms with E-state index in [9.17, 15) is 13.6 Å². The highest BCUT2D eigenvalue weighted by Gasteiger charge is 2.21. The quantitative estimate of drug-likeness (QED) is 0.318. The van der Waals surface area contributed by atoms with Crippen LogP contribution < -0.4 is 15.0 Å². The van der Waals surface area contributed by atoms with Gasteiger partial charge < -0.3 is 38.6 Å². The lowest BCUT2D eigenvalue weighted by Gasteiger charge is -2.26. The molecule has 1 saturated heterocycles. The predicted octanol–water partition coefficient (Wildman–Crippen LogP) is 3.88. The Kier molecular flexibility index (Phi) is 12.6. The molecule has 0 atom stereocenters. The van der Waals surface area contributed by atoms with Gasteiger partial charge in [0.2, 0.25) is 5.82 Å². The zero-order chi connectivity index (χ0) is 28.1. The number of aromatic nitrogens is 1. The van der Waals surface area contributed by atoms with Crippen LogP contribution in [-0.2, 0) is 23.7 Å². The summed E-state index contributed by atoms with van der Waals surface area (Å²) >= 11 is 1.44. The first-order valence-electron chi connectivity index (χ1n) is 12.8. The maximum Gasteiger partial charge on any atom is 0.407 e. The Balaban J connectivity index is 1.29. The third-order valence-electron chi connectivity index (χ3n) is 5.23. The fourth-order valence-corrected chi connectivity index (χ4v) is 4.33. The Morgan fingerprint density at radius 3 is 2.33 bits per heavy atom. The summed E-state index contributed by atoms with van der Waals surface area (Å²) in [7, 11) is 0. The van der Waals surface area contributed by atoms with E-state index >= 15 is 0 Å². The molecule has 0 aliphatic carbocycles. The van der Waals surface area contributed by atoms with Crippen LogP contribution in [0.3, 0.4) is 0 Å². The summed E-state index contributed by atoms with van der Waals surface area (Å²) in [5.74, 6) is -2.24. The van der Waals surface area contributed by atoms with Gasteiger partial charge >= 0.3 is 6.09 Å². The highest BCUT2D eigenvalue weighted by molar-refractivity contribution is 7.14. The monoisotopic (exact) mass is 573 g/mol. The third kappa shape index (κ3) is 10.8. The molecule has 1 N–H and O–H groups in total. The molecule has 2 aromatic rings. The summed E-state index contributed by atoms with van der Waals surface area (Å²) in [5.41, 5.74) is 0.364. The number of ether oxygens (including phenoxy) is 6. The van der Waals surface area contributed by atoms with E-state index in [0.717, 1.165) is 24.3 Å². The molecule has 1 amide bonds. The van der Waals surface area contributed by atoms with Gasteiger partial charge in [-0.25, -0.2) is 14.2 Å². The molecule has 218 valence electrons. The van der Waals surface area contributed by atoms with Crippen LogP contribution in [0.5, 0.6) is 5.75 Å². The van der Waals surface area contributed by atoms with Crippen molar-refractivity contribution in [3.05, 3.63) is 29.1 Å². The van der Waals surface area contributed by atoms with Gasteiger partial charge in [-0.05, 0) is 32.9 Å². The SMILES string of the molecule is CC(C)(C)OC(=O)NCCOCCOCCOCCOc1c(-c2csc(N3CCOCC3)n2)ccc(F)c1F. The van der Waals surface area contributed by atoms with E-state index in [2.05, 4.69) is 15.2 Å². The molecule has 1 fully saturated rings. The average Bonchev–Trinajstić information content (AvgIpc) is 3.39. The van der Waals surface area contributed by atoms with Crippen molar-refractivity contribution in [3.8, 4) is 17.0 Å². The van der Waals surface area contributed by atoms with E-state index in [0.29, 0.717) is 64.1 Å². The van der Waals surface area contributed by atoms with Crippen molar-refractivity contribution in [3.63, 3.8) is 0 Å². The summed E-state index contributed by atoms with van der Waals surface area (Å²) in [6, 6.07) is 2.54. The zero-order valence-corrected chi connectivity index (χ0v) is 23.5. The van der Waals surface area contributed by atoms with Crippen molar-refractivity contribution in [2.75, 3.05) is 84.0 Å². The number of morpholine rings is 1. The van der Waals surface area contributed by atoms with Crippen molar-refractivity contribution >= 4 is 22.6 Å². The number of halogens is 2. The van der Waals surface area contributed by atoms with Crippen molar-refractivity contribution in [2.24, 2.45) is 0 Å². The van der Waals surface area contributed by atoms with Crippen LogP contribution in [0, 0.1) is 11.6 Å². The standard InChI is InChI=1S/C26H37F2N3O7S/c1-26(2,3)38-25(32)29-6-9-33-12-13-35-14-15-36-16-17-37-23-19(4-5-20(27)22(23)28)21-18-39-24(30-21)31-7-10-34-11-8-31/h4-5,18H,6-17H2,1-3H3,(H,29,32). The first-order valence-corrected chi connectivity index (χ1v) is 13.7. The molecule has 39 heavy (non-hydrogen) atoms. The van der Waals surface area contributed by atoms with Crippen LogP contribution in [0.15, 0.2) is 17.5 Å². The second kappa shape index (κ2) is 15.9. The molecule has 0 spiro atoms. The largest absolute Gasteiger partial charge is 0.487 e. The number of alkyl carbamates (subject to hydrolysis) is 1. The Morgan fingerprint density at radius 2 is 1.67 bits per heavy atom. The summed E-state index contributed by atoms with van der Waals surface area (Å²) in [6.07, 6.45) is -0.485. The minimum absolute atomic E-state index is 0.0294. The normalized spacial score (nSPS) is 13.9. The number of nitrogens with zero attached hydrogens (tertiary/aromatic N) is 2. The van der Waals surface area contributed by atoms with Gasteiger partial charge in [-0.15, -0.1) is 11.3 Å². The van der Waals surface area contributed by atoms with Gasteiger partial charge in [-0.2, -0.15) is 4.39 Å². The van der Waals surface area contributed by atoms with Crippen molar-refractivity contribution < 1.29 is 42.0 Å². The number of amides is 1. The number of carbonyl (C=O) groups is 1. The van der Waals surface area contributed by atoms with E-state index in [4.69, 9.17) is 28.4 Å². The smallest absolute Gasteiger partial charge is 0.407 e. The number of thiazole rings is 1. The lowest BCUT2D eigenvalue weighted by atomic mass is 10.1. The second-order valence-electron chi connectivity index (χ2n) is 9.47. The van der Waals surface area contributed by atoms with Gasteiger partial charge in [0.1, 0.15) is 12.2 Å². The molecule has 1 aromatic carbocycles. The third-order valence-corrected chi connectivity index (χ3v) is 6.13. The molecular weight excluding hydrogens is 536 g/mol. The van der Waals surface area contributed by atoms with E-state index in [1.165, 1.54) is 17.4 Å². The topological polar surface area (TPSA) is 101 Å². The number of rotatable bonds is 15. The number of anilines is 1. The maximum absolute atomic E-state index is 14.6. The van der Waals surface area contributed by atoms with E-state index in [1.807, 2.05) is 0 Å². The molecule has 0 radical (unpaired) electrons. The van der Waals surface area contributed by atoms with E-state index in [1.54, 1.807) is 26.2 Å². The van der Waals surface area contributed by atoms with Gasteiger partial charge in [0.15, 0.2) is 16.7 Å². The summed E-state index contributed by atoms with van der Waals surface area (Å²) in [5, 5.41) is 5.21. The Bertz CT molecular complexity index is 1030. The zero-order valence-electron chi connectivity index (χ0n) is 22.6. The molecule has 1 aliphatic heterocycles. The summed E-state index contributed by atoms with van der Waals surface area (Å²) in [6.45, 7) is 10.3. The van der Waals surface area contributed by atoms with Crippen LogP contribution in [0.4, 0.5) is 18.7 Å². The second-order valence-corrected chi connectivity index (χ2v) is 10.3. The summed E-state index contributed by atoms with van der Waals surface area (Å²) < 4.78 is 60.9. The number of nitrogens with one attached hydrogen (secondary N) is 1. The van der Waals surface area contributed by atoms with Crippen molar-refractivity contribution in [2.45, 2.75) is 26.4 Å². The minimum atomic E-state index is -1.06. The fraction of sp³-hybridized carbons (Fsp3) is 0.615. The van der Waals surface area contributed by atoms with Gasteiger partial charge in [-0.3, -0.25) is 0 Å². The van der Waals surface area contributed by atoms with Crippen molar-refractivity contribution in [1.82, 2.24) is 10.3 Å². The average molecular weight is 574 g/mol. The number of hydrogen-bond donors (Lipinski definition) is 1. The van der Waals surface area contributed by atoms with Gasteiger partial charge in [0.05, 0.1) is 58.5 Å². The van der Waals surface area contributed by atoms with Crippen LogP contribution >= 0.6 is 11.3 Å². The van der Waals surface area contributed by atoms with Crippen LogP contribution in [0.2, 0.25) is 0 Å². The van der Waals surface area contributed by atoms with Crippen molar-refractivity contribution in [1.29, 1.82) is 0 Å². The fourth-order valence-electron chi connectivity index (χ4n) is 3.45. The highest BCUT2D eigenvalue weighted by atomic mass is 32.1. The molecule has 0 saturated carbocycles. The van der Waals surface area contributed by atoms with Crippen LogP contribution in [0.1, 0.15) is 20.8 Å². The first kappa shape index (κ1) is 31.0. The molecular formula is C26H37F2N3O7S. The minimum Gasteiger partial charge on any atom is -0.487 e. The van der Waals surface area contributed by atoms with Gasteiger partial charge in [-0.1, -0.05) is 0 Å². The highest BCUT2D eigenvalue weighted by Crippen LogP contribution is 2.36. The van der Waals surface area contributed by atoms with E-state index < -0.39 is 23.3 Å². The van der Waals surface area contributed by atoms with E-state index in [-0.39, 0.29) is 19.0 Å². The molecule has 1 aliphatic rings. The lowest BCUT2D eigenvalue weighted by Crippen LogP contribution is -2.36. The molecule has 10 nitrogen and oxygen atoms in total. The number of hydrogen-bond acceptors (Lipinski definition) is 10. The molecule has 1 aromatic heterocycles. The first-order chi connectivity index (χ1) is 18.7. The molecule has 3 rings (SSSR count). The molecule has 2 heterocycles. The maximum atomic E-state index is 14.6. The Hall–Kier alpha value is -2.58. The van der Waals surface area contributed by atoms with Crippen LogP contribution in [-0.4, -0.2) is 95.8 Å².